The van der Waals surface area contributed by atoms with Gasteiger partial charge < -0.3 is 9.64 Å². The van der Waals surface area contributed by atoms with E-state index in [1.165, 1.54) is 0 Å². The fourth-order valence-electron chi connectivity index (χ4n) is 2.37. The van der Waals surface area contributed by atoms with Gasteiger partial charge in [-0.1, -0.05) is 0 Å². The molecule has 1 amide bonds. The third kappa shape index (κ3) is 4.39. The normalized spacial score (nSPS) is 10.8. The monoisotopic (exact) mass is 316 g/mol. The van der Waals surface area contributed by atoms with Crippen LogP contribution >= 0.6 is 0 Å². The van der Waals surface area contributed by atoms with Gasteiger partial charge in [-0.25, -0.2) is 0 Å². The molecule has 0 bridgehead atoms. The molecule has 0 unspecified atom stereocenters. The summed E-state index contributed by atoms with van der Waals surface area (Å²) in [7, 11) is 1.64. The van der Waals surface area contributed by atoms with Gasteiger partial charge >= 0.3 is 0 Å². The van der Waals surface area contributed by atoms with Gasteiger partial charge in [-0.15, -0.1) is 0 Å². The van der Waals surface area contributed by atoms with Crippen molar-refractivity contribution < 1.29 is 9.53 Å². The third-order valence-corrected chi connectivity index (χ3v) is 4.07. The molecule has 0 N–H and O–H groups in total. The molecule has 0 atom stereocenters. The molecule has 6 nitrogen and oxygen atoms in total. The van der Waals surface area contributed by atoms with E-state index in [0.717, 1.165) is 22.5 Å². The van der Waals surface area contributed by atoms with Crippen LogP contribution in [0.1, 0.15) is 22.5 Å². The Morgan fingerprint density at radius 3 is 2.52 bits per heavy atom. The number of aryl methyl sites for hydroxylation is 1. The highest BCUT2D eigenvalue weighted by molar-refractivity contribution is 5.76. The maximum absolute atomic E-state index is 12.7. The number of pyridine rings is 1. The summed E-state index contributed by atoms with van der Waals surface area (Å²) >= 11 is 0. The SMILES string of the molecule is COCCN(Cc1ccncc1)C(=O)Cn1nc(C)c(C)c1C. The molecule has 0 aliphatic carbocycles. The van der Waals surface area contributed by atoms with Crippen molar-refractivity contribution >= 4 is 5.91 Å². The zero-order valence-electron chi connectivity index (χ0n) is 14.2. The lowest BCUT2D eigenvalue weighted by molar-refractivity contribution is -0.133. The lowest BCUT2D eigenvalue weighted by Crippen LogP contribution is -2.36. The summed E-state index contributed by atoms with van der Waals surface area (Å²) in [5, 5.41) is 4.45. The largest absolute Gasteiger partial charge is 0.383 e. The van der Waals surface area contributed by atoms with Gasteiger partial charge in [-0.3, -0.25) is 14.5 Å². The number of nitrogens with zero attached hydrogens (tertiary/aromatic N) is 4. The number of rotatable bonds is 7. The highest BCUT2D eigenvalue weighted by Crippen LogP contribution is 2.12. The summed E-state index contributed by atoms with van der Waals surface area (Å²) in [6.45, 7) is 7.83. The molecule has 0 saturated carbocycles. The van der Waals surface area contributed by atoms with E-state index in [9.17, 15) is 4.79 Å². The second-order valence-electron chi connectivity index (χ2n) is 5.62. The molecule has 23 heavy (non-hydrogen) atoms. The van der Waals surface area contributed by atoms with Crippen LogP contribution in [0.15, 0.2) is 24.5 Å². The van der Waals surface area contributed by atoms with Gasteiger partial charge in [0.2, 0.25) is 5.91 Å². The van der Waals surface area contributed by atoms with Crippen LogP contribution in [0.4, 0.5) is 0 Å². The number of amides is 1. The second-order valence-corrected chi connectivity index (χ2v) is 5.62. The average Bonchev–Trinajstić information content (AvgIpc) is 2.79. The lowest BCUT2D eigenvalue weighted by atomic mass is 10.2. The van der Waals surface area contributed by atoms with Crippen molar-refractivity contribution in [2.75, 3.05) is 20.3 Å². The molecule has 124 valence electrons. The number of aromatic nitrogens is 3. The summed E-state index contributed by atoms with van der Waals surface area (Å²) < 4.78 is 6.91. The van der Waals surface area contributed by atoms with Gasteiger partial charge in [0, 0.05) is 38.3 Å². The molecular weight excluding hydrogens is 292 g/mol. The summed E-state index contributed by atoms with van der Waals surface area (Å²) in [4.78, 5) is 18.5. The quantitative estimate of drug-likeness (QED) is 0.782. The number of hydrogen-bond donors (Lipinski definition) is 0. The first-order valence-corrected chi connectivity index (χ1v) is 7.69. The molecule has 0 fully saturated rings. The molecule has 2 rings (SSSR count). The minimum absolute atomic E-state index is 0.0319. The van der Waals surface area contributed by atoms with Crippen LogP contribution in [0.2, 0.25) is 0 Å². The third-order valence-electron chi connectivity index (χ3n) is 4.07. The Morgan fingerprint density at radius 1 is 1.26 bits per heavy atom. The van der Waals surface area contributed by atoms with Crippen LogP contribution in [-0.2, 0) is 22.6 Å². The van der Waals surface area contributed by atoms with Crippen LogP contribution in [0.5, 0.6) is 0 Å². The number of methoxy groups -OCH3 is 1. The zero-order chi connectivity index (χ0) is 16.8. The number of carbonyl (C=O) groups is 1. The van der Waals surface area contributed by atoms with Crippen LogP contribution < -0.4 is 0 Å². The van der Waals surface area contributed by atoms with Crippen LogP contribution in [0.25, 0.3) is 0 Å². The van der Waals surface area contributed by atoms with Gasteiger partial charge in [0.05, 0.1) is 12.3 Å². The Hall–Kier alpha value is -2.21. The minimum atomic E-state index is 0.0319. The summed E-state index contributed by atoms with van der Waals surface area (Å²) in [6.07, 6.45) is 3.47. The van der Waals surface area contributed by atoms with Crippen molar-refractivity contribution in [3.8, 4) is 0 Å². The average molecular weight is 316 g/mol. The first-order valence-electron chi connectivity index (χ1n) is 7.69. The number of ether oxygens (including phenoxy) is 1. The van der Waals surface area contributed by atoms with E-state index >= 15 is 0 Å². The lowest BCUT2D eigenvalue weighted by Gasteiger charge is -2.23. The van der Waals surface area contributed by atoms with Crippen LogP contribution in [0, 0.1) is 20.8 Å². The molecule has 2 aromatic heterocycles. The van der Waals surface area contributed by atoms with Gasteiger partial charge in [0.25, 0.3) is 0 Å². The van der Waals surface area contributed by atoms with E-state index in [-0.39, 0.29) is 12.5 Å². The van der Waals surface area contributed by atoms with Crippen molar-refractivity contribution in [2.24, 2.45) is 0 Å². The van der Waals surface area contributed by atoms with Crippen LogP contribution in [-0.4, -0.2) is 45.8 Å². The fraction of sp³-hybridized carbons (Fsp3) is 0.471. The summed E-state index contributed by atoms with van der Waals surface area (Å²) in [5.41, 5.74) is 4.18. The zero-order valence-corrected chi connectivity index (χ0v) is 14.2. The van der Waals surface area contributed by atoms with Crippen molar-refractivity contribution in [3.05, 3.63) is 47.0 Å². The molecule has 0 aliphatic rings. The first kappa shape index (κ1) is 17.1. The van der Waals surface area contributed by atoms with Gasteiger partial charge in [-0.05, 0) is 44.0 Å². The van der Waals surface area contributed by atoms with Gasteiger partial charge in [-0.2, -0.15) is 5.10 Å². The van der Waals surface area contributed by atoms with Crippen molar-refractivity contribution in [1.29, 1.82) is 0 Å². The number of carbonyl (C=O) groups excluding carboxylic acids is 1. The highest BCUT2D eigenvalue weighted by atomic mass is 16.5. The Balaban J connectivity index is 2.11. The molecule has 6 heteroatoms. The van der Waals surface area contributed by atoms with E-state index in [4.69, 9.17) is 4.74 Å². The van der Waals surface area contributed by atoms with Crippen molar-refractivity contribution in [3.63, 3.8) is 0 Å². The topological polar surface area (TPSA) is 60.2 Å². The standard InChI is InChI=1S/C17H24N4O2/c1-13-14(2)19-21(15(13)3)12-17(22)20(9-10-23-4)11-16-5-7-18-8-6-16/h5-8H,9-12H2,1-4H3. The molecule has 0 radical (unpaired) electrons. The van der Waals surface area contributed by atoms with Gasteiger partial charge in [0.15, 0.2) is 0 Å². The molecule has 0 spiro atoms. The molecule has 0 aromatic carbocycles. The summed E-state index contributed by atoms with van der Waals surface area (Å²) in [6, 6.07) is 3.83. The van der Waals surface area contributed by atoms with E-state index < -0.39 is 0 Å². The van der Waals surface area contributed by atoms with E-state index in [1.54, 1.807) is 29.1 Å². The Labute approximate surface area is 137 Å². The molecule has 2 heterocycles. The predicted octanol–water partition coefficient (Wildman–Crippen LogP) is 1.88. The maximum atomic E-state index is 12.7. The molecule has 0 aliphatic heterocycles. The number of hydrogen-bond acceptors (Lipinski definition) is 4. The fourth-order valence-corrected chi connectivity index (χ4v) is 2.37. The second kappa shape index (κ2) is 7.87. The summed E-state index contributed by atoms with van der Waals surface area (Å²) in [5.74, 6) is 0.0319. The molecular formula is C17H24N4O2. The first-order chi connectivity index (χ1) is 11.0. The van der Waals surface area contributed by atoms with Crippen LogP contribution in [0.3, 0.4) is 0 Å². The van der Waals surface area contributed by atoms with Gasteiger partial charge in [0.1, 0.15) is 6.54 Å². The Kier molecular flexibility index (Phi) is 5.87. The Bertz CT molecular complexity index is 652. The Morgan fingerprint density at radius 2 is 1.96 bits per heavy atom. The molecule has 2 aromatic rings. The van der Waals surface area contributed by atoms with Crippen molar-refractivity contribution in [2.45, 2.75) is 33.9 Å². The maximum Gasteiger partial charge on any atom is 0.244 e. The van der Waals surface area contributed by atoms with E-state index in [2.05, 4.69) is 10.1 Å². The smallest absolute Gasteiger partial charge is 0.244 e. The molecule has 0 saturated heterocycles. The van der Waals surface area contributed by atoms with E-state index in [0.29, 0.717) is 19.7 Å². The van der Waals surface area contributed by atoms with E-state index in [1.807, 2.05) is 32.9 Å². The highest BCUT2D eigenvalue weighted by Gasteiger charge is 2.17. The minimum Gasteiger partial charge on any atom is -0.383 e. The van der Waals surface area contributed by atoms with Crippen molar-refractivity contribution in [1.82, 2.24) is 19.7 Å². The predicted molar refractivity (Wildman–Crippen MR) is 88.0 cm³/mol.